The first kappa shape index (κ1) is 19.5. The molecular weight excluding hydrogens is 407 g/mol. The number of rotatable bonds is 6. The highest BCUT2D eigenvalue weighted by Crippen LogP contribution is 2.31. The van der Waals surface area contributed by atoms with Crippen molar-refractivity contribution in [3.8, 4) is 11.5 Å². The maximum Gasteiger partial charge on any atom is 0.273 e. The zero-order chi connectivity index (χ0) is 19.4. The van der Waals surface area contributed by atoms with Crippen LogP contribution < -0.4 is 20.1 Å². The normalized spacial score (nSPS) is 14.9. The Morgan fingerprint density at radius 3 is 2.56 bits per heavy atom. The molecule has 1 fully saturated rings. The van der Waals surface area contributed by atoms with Crippen molar-refractivity contribution in [1.82, 2.24) is 10.6 Å². The van der Waals surface area contributed by atoms with E-state index in [1.807, 2.05) is 19.1 Å². The van der Waals surface area contributed by atoms with Crippen molar-refractivity contribution in [1.29, 1.82) is 0 Å². The molecule has 0 bridgehead atoms. The number of benzene rings is 2. The van der Waals surface area contributed by atoms with Crippen molar-refractivity contribution in [3.05, 3.63) is 63.3 Å². The van der Waals surface area contributed by atoms with Gasteiger partial charge in [-0.2, -0.15) is 0 Å². The van der Waals surface area contributed by atoms with Gasteiger partial charge in [-0.1, -0.05) is 35.3 Å². The third-order valence-electron chi connectivity index (χ3n) is 3.70. The summed E-state index contributed by atoms with van der Waals surface area (Å²) in [4.78, 5) is 11.8. The molecule has 0 aromatic heterocycles. The summed E-state index contributed by atoms with van der Waals surface area (Å²) in [7, 11) is 0. The fourth-order valence-corrected chi connectivity index (χ4v) is 3.11. The molecule has 0 aliphatic carbocycles. The number of carbonyl (C=O) groups excluding carboxylic acids is 1. The van der Waals surface area contributed by atoms with Gasteiger partial charge in [-0.15, -0.1) is 0 Å². The van der Waals surface area contributed by atoms with Crippen molar-refractivity contribution in [2.45, 2.75) is 13.5 Å². The molecule has 0 unspecified atom stereocenters. The van der Waals surface area contributed by atoms with E-state index in [0.717, 1.165) is 11.1 Å². The molecule has 8 heteroatoms. The number of hydrogen-bond donors (Lipinski definition) is 2. The summed E-state index contributed by atoms with van der Waals surface area (Å²) in [5.74, 6) is 0.873. The molecule has 1 heterocycles. The van der Waals surface area contributed by atoms with Crippen LogP contribution >= 0.6 is 35.4 Å². The zero-order valence-electron chi connectivity index (χ0n) is 14.3. The lowest BCUT2D eigenvalue weighted by Crippen LogP contribution is -2.21. The fourth-order valence-electron chi connectivity index (χ4n) is 2.45. The van der Waals surface area contributed by atoms with Crippen LogP contribution in [0.1, 0.15) is 18.1 Å². The molecule has 2 aromatic rings. The van der Waals surface area contributed by atoms with Gasteiger partial charge in [0.15, 0.2) is 16.6 Å². The van der Waals surface area contributed by atoms with Crippen LogP contribution in [0.5, 0.6) is 11.5 Å². The lowest BCUT2D eigenvalue weighted by Gasteiger charge is -2.13. The molecule has 2 aromatic carbocycles. The first-order valence-corrected chi connectivity index (χ1v) is 9.30. The molecule has 1 aliphatic heterocycles. The molecule has 5 nitrogen and oxygen atoms in total. The Bertz CT molecular complexity index is 931. The second kappa shape index (κ2) is 8.61. The third kappa shape index (κ3) is 4.91. The van der Waals surface area contributed by atoms with E-state index in [2.05, 4.69) is 10.6 Å². The second-order valence-corrected chi connectivity index (χ2v) is 6.88. The van der Waals surface area contributed by atoms with Gasteiger partial charge in [0.05, 0.1) is 6.61 Å². The first-order valence-electron chi connectivity index (χ1n) is 8.14. The highest BCUT2D eigenvalue weighted by atomic mass is 35.5. The summed E-state index contributed by atoms with van der Waals surface area (Å²) in [6.07, 6.45) is 1.69. The minimum absolute atomic E-state index is 0.268. The first-order chi connectivity index (χ1) is 13.0. The van der Waals surface area contributed by atoms with Gasteiger partial charge in [0.1, 0.15) is 12.3 Å². The number of ether oxygens (including phenoxy) is 2. The van der Waals surface area contributed by atoms with Crippen LogP contribution in [0.3, 0.4) is 0 Å². The summed E-state index contributed by atoms with van der Waals surface area (Å²) < 4.78 is 11.5. The number of halogens is 2. The highest BCUT2D eigenvalue weighted by Gasteiger charge is 2.20. The molecule has 27 heavy (non-hydrogen) atoms. The van der Waals surface area contributed by atoms with Crippen LogP contribution in [-0.2, 0) is 11.4 Å². The van der Waals surface area contributed by atoms with Gasteiger partial charge in [0.2, 0.25) is 0 Å². The van der Waals surface area contributed by atoms with Crippen LogP contribution in [-0.4, -0.2) is 17.6 Å². The van der Waals surface area contributed by atoms with Gasteiger partial charge in [-0.3, -0.25) is 10.1 Å². The van der Waals surface area contributed by atoms with E-state index in [9.17, 15) is 4.79 Å². The van der Waals surface area contributed by atoms with Crippen LogP contribution in [0.15, 0.2) is 42.1 Å². The van der Waals surface area contributed by atoms with Crippen LogP contribution in [0, 0.1) is 0 Å². The topological polar surface area (TPSA) is 59.6 Å². The predicted octanol–water partition coefficient (Wildman–Crippen LogP) is 4.32. The Morgan fingerprint density at radius 2 is 1.89 bits per heavy atom. The lowest BCUT2D eigenvalue weighted by atomic mass is 10.1. The second-order valence-electron chi connectivity index (χ2n) is 5.63. The van der Waals surface area contributed by atoms with Crippen molar-refractivity contribution >= 4 is 52.5 Å². The van der Waals surface area contributed by atoms with E-state index in [0.29, 0.717) is 33.8 Å². The summed E-state index contributed by atoms with van der Waals surface area (Å²) >= 11 is 17.0. The van der Waals surface area contributed by atoms with Gasteiger partial charge in [-0.05, 0) is 55.0 Å². The van der Waals surface area contributed by atoms with Crippen molar-refractivity contribution in [2.24, 2.45) is 0 Å². The van der Waals surface area contributed by atoms with E-state index >= 15 is 0 Å². The van der Waals surface area contributed by atoms with Crippen LogP contribution in [0.25, 0.3) is 6.08 Å². The number of thiocarbonyl (C=S) groups is 1. The molecule has 1 aliphatic rings. The smallest absolute Gasteiger partial charge is 0.273 e. The Morgan fingerprint density at radius 1 is 1.07 bits per heavy atom. The average molecular weight is 423 g/mol. The molecular formula is C19H16Cl2N2O3S. The Hall–Kier alpha value is -2.28. The zero-order valence-corrected chi connectivity index (χ0v) is 16.7. The minimum Gasteiger partial charge on any atom is -0.490 e. The third-order valence-corrected chi connectivity index (χ3v) is 4.49. The van der Waals surface area contributed by atoms with Gasteiger partial charge >= 0.3 is 0 Å². The molecule has 0 spiro atoms. The van der Waals surface area contributed by atoms with E-state index < -0.39 is 0 Å². The maximum absolute atomic E-state index is 11.8. The molecule has 1 saturated heterocycles. The van der Waals surface area contributed by atoms with E-state index in [-0.39, 0.29) is 17.6 Å². The molecule has 3 rings (SSSR count). The quantitative estimate of drug-likeness (QED) is 0.536. The predicted molar refractivity (Wildman–Crippen MR) is 110 cm³/mol. The molecule has 0 saturated carbocycles. The van der Waals surface area contributed by atoms with Crippen LogP contribution in [0.2, 0.25) is 10.0 Å². The summed E-state index contributed by atoms with van der Waals surface area (Å²) in [6.45, 7) is 2.63. The molecule has 140 valence electrons. The molecule has 0 atom stereocenters. The van der Waals surface area contributed by atoms with E-state index in [1.165, 1.54) is 0 Å². The monoisotopic (exact) mass is 422 g/mol. The largest absolute Gasteiger partial charge is 0.490 e. The average Bonchev–Trinajstić information content (AvgIpc) is 2.93. The minimum atomic E-state index is -0.268. The Labute approximate surface area is 172 Å². The van der Waals surface area contributed by atoms with Crippen molar-refractivity contribution < 1.29 is 14.3 Å². The van der Waals surface area contributed by atoms with Gasteiger partial charge < -0.3 is 14.8 Å². The standard InChI is InChI=1S/C19H16Cl2N2O3S/c1-2-25-17-8-11(7-15-18(24)23-19(27)22-15)3-6-16(17)26-10-12-4-5-13(20)9-14(12)21/h3-9H,2,10H2,1H3,(H2,22,23,24,27)/b15-7+. The van der Waals surface area contributed by atoms with Gasteiger partial charge in [0.25, 0.3) is 5.91 Å². The number of hydrogen-bond acceptors (Lipinski definition) is 4. The maximum atomic E-state index is 11.8. The fraction of sp³-hybridized carbons (Fsp3) is 0.158. The summed E-state index contributed by atoms with van der Waals surface area (Å²) in [6, 6.07) is 10.7. The van der Waals surface area contributed by atoms with E-state index in [1.54, 1.807) is 30.3 Å². The number of carbonyl (C=O) groups is 1. The lowest BCUT2D eigenvalue weighted by molar-refractivity contribution is -0.115. The van der Waals surface area contributed by atoms with Gasteiger partial charge in [-0.25, -0.2) is 0 Å². The molecule has 0 radical (unpaired) electrons. The molecule has 2 N–H and O–H groups in total. The number of amides is 1. The summed E-state index contributed by atoms with van der Waals surface area (Å²) in [5.41, 5.74) is 1.97. The Balaban J connectivity index is 1.80. The van der Waals surface area contributed by atoms with Crippen molar-refractivity contribution in [2.75, 3.05) is 6.61 Å². The SMILES string of the molecule is CCOc1cc(/C=C2/NC(=S)NC2=O)ccc1OCc1ccc(Cl)cc1Cl. The van der Waals surface area contributed by atoms with Gasteiger partial charge in [0, 0.05) is 15.6 Å². The summed E-state index contributed by atoms with van der Waals surface area (Å²) in [5, 5.41) is 6.73. The Kier molecular flexibility index (Phi) is 6.21. The highest BCUT2D eigenvalue weighted by molar-refractivity contribution is 7.80. The van der Waals surface area contributed by atoms with Crippen molar-refractivity contribution in [3.63, 3.8) is 0 Å². The number of nitrogens with one attached hydrogen (secondary N) is 2. The van der Waals surface area contributed by atoms with Crippen LogP contribution in [0.4, 0.5) is 0 Å². The molecule has 1 amide bonds. The van der Waals surface area contributed by atoms with E-state index in [4.69, 9.17) is 44.9 Å².